The molecule has 1 amide bonds. The molecule has 6 heteroatoms. The number of furan rings is 1. The number of Topliss-reactive ketones (excluding diaryl/α,β-unsaturated/α-hetero) is 1. The number of nitrogens with zero attached hydrogens (tertiary/aromatic N) is 1. The fourth-order valence-electron chi connectivity index (χ4n) is 3.55. The second kappa shape index (κ2) is 6.86. The van der Waals surface area contributed by atoms with E-state index in [2.05, 4.69) is 0 Å². The first-order valence-corrected chi connectivity index (χ1v) is 8.90. The van der Waals surface area contributed by atoms with Crippen molar-refractivity contribution in [2.75, 3.05) is 26.3 Å². The second-order valence-corrected chi connectivity index (χ2v) is 6.68. The highest BCUT2D eigenvalue weighted by Gasteiger charge is 2.30. The Bertz CT molecular complexity index is 832. The van der Waals surface area contributed by atoms with E-state index in [1.807, 2.05) is 0 Å². The van der Waals surface area contributed by atoms with Gasteiger partial charge in [0.05, 0.1) is 11.8 Å². The molecule has 6 nitrogen and oxygen atoms in total. The van der Waals surface area contributed by atoms with Crippen molar-refractivity contribution in [3.63, 3.8) is 0 Å². The summed E-state index contributed by atoms with van der Waals surface area (Å²) < 4.78 is 16.3. The van der Waals surface area contributed by atoms with Crippen LogP contribution >= 0.6 is 0 Å². The van der Waals surface area contributed by atoms with Crippen LogP contribution in [0.4, 0.5) is 0 Å². The molecule has 2 aliphatic rings. The van der Waals surface area contributed by atoms with Crippen molar-refractivity contribution < 1.29 is 23.5 Å². The summed E-state index contributed by atoms with van der Waals surface area (Å²) >= 11 is 0. The minimum Gasteiger partial charge on any atom is -0.486 e. The van der Waals surface area contributed by atoms with Crippen molar-refractivity contribution >= 4 is 11.7 Å². The number of hydrogen-bond donors (Lipinski definition) is 0. The van der Waals surface area contributed by atoms with Gasteiger partial charge >= 0.3 is 0 Å². The molecule has 0 bridgehead atoms. The maximum Gasteiger partial charge on any atom is 0.257 e. The predicted molar refractivity (Wildman–Crippen MR) is 93.8 cm³/mol. The van der Waals surface area contributed by atoms with Crippen molar-refractivity contribution in [3.8, 4) is 11.5 Å². The Balaban J connectivity index is 1.41. The van der Waals surface area contributed by atoms with Crippen LogP contribution in [0.1, 0.15) is 39.3 Å². The summed E-state index contributed by atoms with van der Waals surface area (Å²) in [6.07, 6.45) is 2.85. The zero-order valence-corrected chi connectivity index (χ0v) is 14.7. The Morgan fingerprint density at radius 1 is 1.04 bits per heavy atom. The van der Waals surface area contributed by atoms with Crippen LogP contribution in [0.5, 0.6) is 11.5 Å². The first-order chi connectivity index (χ1) is 12.6. The van der Waals surface area contributed by atoms with Gasteiger partial charge in [0, 0.05) is 24.6 Å². The summed E-state index contributed by atoms with van der Waals surface area (Å²) in [5, 5.41) is 0. The van der Waals surface area contributed by atoms with Crippen molar-refractivity contribution in [2.45, 2.75) is 19.8 Å². The van der Waals surface area contributed by atoms with Gasteiger partial charge in [0.25, 0.3) is 5.91 Å². The molecular weight excluding hydrogens is 334 g/mol. The van der Waals surface area contributed by atoms with E-state index in [0.29, 0.717) is 67.5 Å². The minimum absolute atomic E-state index is 0.0264. The smallest absolute Gasteiger partial charge is 0.257 e. The second-order valence-electron chi connectivity index (χ2n) is 6.68. The average Bonchev–Trinajstić information content (AvgIpc) is 3.12. The molecule has 1 aromatic carbocycles. The van der Waals surface area contributed by atoms with Crippen molar-refractivity contribution in [1.82, 2.24) is 4.90 Å². The van der Waals surface area contributed by atoms with E-state index in [9.17, 15) is 9.59 Å². The van der Waals surface area contributed by atoms with Crippen molar-refractivity contribution in [2.24, 2.45) is 5.92 Å². The lowest BCUT2D eigenvalue weighted by Gasteiger charge is -2.31. The topological polar surface area (TPSA) is 69.0 Å². The molecule has 0 radical (unpaired) electrons. The summed E-state index contributed by atoms with van der Waals surface area (Å²) in [6, 6.07) is 7.05. The first kappa shape index (κ1) is 16.7. The number of carbonyl (C=O) groups excluding carboxylic acids is 2. The Morgan fingerprint density at radius 3 is 2.46 bits per heavy atom. The van der Waals surface area contributed by atoms with Crippen molar-refractivity contribution in [1.29, 1.82) is 0 Å². The van der Waals surface area contributed by atoms with E-state index in [1.165, 1.54) is 6.26 Å². The molecule has 2 aromatic rings. The lowest BCUT2D eigenvalue weighted by Crippen LogP contribution is -2.40. The molecule has 1 fully saturated rings. The average molecular weight is 355 g/mol. The van der Waals surface area contributed by atoms with Gasteiger partial charge in [0.2, 0.25) is 0 Å². The third kappa shape index (κ3) is 3.07. The van der Waals surface area contributed by atoms with Crippen LogP contribution in [0.3, 0.4) is 0 Å². The maximum atomic E-state index is 12.8. The molecule has 2 aliphatic heterocycles. The van der Waals surface area contributed by atoms with Gasteiger partial charge in [0.1, 0.15) is 19.0 Å². The summed E-state index contributed by atoms with van der Waals surface area (Å²) in [6.45, 7) is 3.96. The summed E-state index contributed by atoms with van der Waals surface area (Å²) in [5.41, 5.74) is 1.24. The van der Waals surface area contributed by atoms with E-state index in [1.54, 1.807) is 36.1 Å². The molecule has 0 aliphatic carbocycles. The van der Waals surface area contributed by atoms with Gasteiger partial charge in [-0.1, -0.05) is 0 Å². The number of rotatable bonds is 3. The van der Waals surface area contributed by atoms with Crippen LogP contribution < -0.4 is 9.47 Å². The number of fused-ring (bicyclic) bond motifs is 1. The standard InChI is InChI=1S/C20H21NO5/c1-13-16(6-9-24-13)20(23)21-7-4-14(5-8-21)19(22)15-2-3-17-18(12-15)26-11-10-25-17/h2-3,6,9,12,14H,4-5,7-8,10-11H2,1H3. The van der Waals surface area contributed by atoms with Crippen LogP contribution in [0.25, 0.3) is 0 Å². The third-order valence-electron chi connectivity index (χ3n) is 5.07. The zero-order chi connectivity index (χ0) is 18.1. The number of carbonyl (C=O) groups is 2. The summed E-state index contributed by atoms with van der Waals surface area (Å²) in [5.74, 6) is 1.94. The summed E-state index contributed by atoms with van der Waals surface area (Å²) in [4.78, 5) is 27.2. The Kier molecular flexibility index (Phi) is 4.41. The molecule has 0 spiro atoms. The van der Waals surface area contributed by atoms with E-state index in [4.69, 9.17) is 13.9 Å². The lowest BCUT2D eigenvalue weighted by molar-refractivity contribution is 0.0648. The SMILES string of the molecule is Cc1occc1C(=O)N1CCC(C(=O)c2ccc3c(c2)OCCO3)CC1. The Hall–Kier alpha value is -2.76. The lowest BCUT2D eigenvalue weighted by atomic mass is 9.88. The van der Waals surface area contributed by atoms with Gasteiger partial charge in [-0.05, 0) is 44.0 Å². The highest BCUT2D eigenvalue weighted by atomic mass is 16.6. The van der Waals surface area contributed by atoms with E-state index in [0.717, 1.165) is 0 Å². The highest BCUT2D eigenvalue weighted by molar-refractivity contribution is 5.99. The van der Waals surface area contributed by atoms with Gasteiger partial charge in [0.15, 0.2) is 17.3 Å². The number of hydrogen-bond acceptors (Lipinski definition) is 5. The number of benzene rings is 1. The number of amides is 1. The van der Waals surface area contributed by atoms with Crippen LogP contribution in [-0.4, -0.2) is 42.9 Å². The third-order valence-corrected chi connectivity index (χ3v) is 5.07. The largest absolute Gasteiger partial charge is 0.486 e. The van der Waals surface area contributed by atoms with Gasteiger partial charge < -0.3 is 18.8 Å². The monoisotopic (exact) mass is 355 g/mol. The van der Waals surface area contributed by atoms with E-state index in [-0.39, 0.29) is 17.6 Å². The van der Waals surface area contributed by atoms with Crippen LogP contribution in [-0.2, 0) is 0 Å². The molecule has 0 unspecified atom stereocenters. The normalized spacial score (nSPS) is 17.2. The molecule has 0 saturated carbocycles. The quantitative estimate of drug-likeness (QED) is 0.792. The molecule has 0 N–H and O–H groups in total. The van der Waals surface area contributed by atoms with Gasteiger partial charge in [-0.2, -0.15) is 0 Å². The molecule has 26 heavy (non-hydrogen) atoms. The van der Waals surface area contributed by atoms with Crippen LogP contribution in [0.15, 0.2) is 34.9 Å². The number of ether oxygens (including phenoxy) is 2. The van der Waals surface area contributed by atoms with Crippen LogP contribution in [0.2, 0.25) is 0 Å². The van der Waals surface area contributed by atoms with Gasteiger partial charge in [-0.15, -0.1) is 0 Å². The number of likely N-dealkylation sites (tertiary alicyclic amines) is 1. The Labute approximate surface area is 151 Å². The molecule has 136 valence electrons. The molecule has 3 heterocycles. The van der Waals surface area contributed by atoms with Gasteiger partial charge in [-0.25, -0.2) is 0 Å². The maximum absolute atomic E-state index is 12.8. The van der Waals surface area contributed by atoms with Gasteiger partial charge in [-0.3, -0.25) is 9.59 Å². The van der Waals surface area contributed by atoms with E-state index >= 15 is 0 Å². The van der Waals surface area contributed by atoms with Crippen molar-refractivity contribution in [3.05, 3.63) is 47.4 Å². The Morgan fingerprint density at radius 2 is 1.77 bits per heavy atom. The molecule has 0 atom stereocenters. The number of aryl methyl sites for hydroxylation is 1. The molecule has 1 aromatic heterocycles. The first-order valence-electron chi connectivity index (χ1n) is 8.90. The predicted octanol–water partition coefficient (Wildman–Crippen LogP) is 3.09. The molecule has 4 rings (SSSR count). The van der Waals surface area contributed by atoms with Crippen LogP contribution in [0, 0.1) is 12.8 Å². The number of piperidine rings is 1. The minimum atomic E-state index is -0.0768. The summed E-state index contributed by atoms with van der Waals surface area (Å²) in [7, 11) is 0. The fourth-order valence-corrected chi connectivity index (χ4v) is 3.55. The zero-order valence-electron chi connectivity index (χ0n) is 14.7. The fraction of sp³-hybridized carbons (Fsp3) is 0.400. The molecular formula is C20H21NO5. The number of ketones is 1. The van der Waals surface area contributed by atoms with E-state index < -0.39 is 0 Å². The highest BCUT2D eigenvalue weighted by Crippen LogP contribution is 2.32. The molecule has 1 saturated heterocycles.